The highest BCUT2D eigenvalue weighted by Crippen LogP contribution is 2.27. The van der Waals surface area contributed by atoms with Gasteiger partial charge in [0, 0.05) is 5.56 Å². The maximum atomic E-state index is 6.08. The van der Waals surface area contributed by atoms with Crippen LogP contribution in [0.25, 0.3) is 22.3 Å². The van der Waals surface area contributed by atoms with E-state index >= 15 is 0 Å². The number of hydrogen-bond acceptors (Lipinski definition) is 3. The molecule has 4 N–H and O–H groups in total. The first-order chi connectivity index (χ1) is 8.28. The van der Waals surface area contributed by atoms with Gasteiger partial charge in [0.25, 0.3) is 0 Å². The first kappa shape index (κ1) is 10.3. The minimum atomic E-state index is 0.339. The number of aromatic nitrogens is 4. The molecule has 2 aromatic heterocycles. The third kappa shape index (κ3) is 1.69. The molecule has 0 aliphatic heterocycles. The molecular weight excluding hydrogens is 238 g/mol. The Morgan fingerprint density at radius 2 is 2.24 bits per heavy atom. The molecule has 0 aliphatic carbocycles. The predicted molar refractivity (Wildman–Crippen MR) is 66.6 cm³/mol. The molecule has 0 bridgehead atoms. The molecule has 5 nitrogen and oxygen atoms in total. The number of imidazole rings is 2. The Balaban J connectivity index is 2.15. The summed E-state index contributed by atoms with van der Waals surface area (Å²) in [5.41, 5.74) is 9.03. The van der Waals surface area contributed by atoms with Gasteiger partial charge < -0.3 is 15.7 Å². The van der Waals surface area contributed by atoms with E-state index in [1.54, 1.807) is 6.33 Å². The van der Waals surface area contributed by atoms with Crippen LogP contribution in [0.3, 0.4) is 0 Å². The molecule has 0 unspecified atom stereocenters. The molecule has 0 radical (unpaired) electrons. The van der Waals surface area contributed by atoms with E-state index in [1.807, 2.05) is 18.2 Å². The summed E-state index contributed by atoms with van der Waals surface area (Å²) in [6.07, 6.45) is 1.66. The predicted octanol–water partition coefficient (Wildman–Crippen LogP) is 2.07. The highest BCUT2D eigenvalue weighted by Gasteiger charge is 2.10. The van der Waals surface area contributed by atoms with Crippen LogP contribution in [0.1, 0.15) is 5.82 Å². The van der Waals surface area contributed by atoms with Crippen LogP contribution in [0.5, 0.6) is 0 Å². The maximum Gasteiger partial charge on any atom is 0.134 e. The zero-order valence-corrected chi connectivity index (χ0v) is 9.62. The molecular formula is C11H10ClN5. The van der Waals surface area contributed by atoms with Crippen LogP contribution in [0.2, 0.25) is 5.15 Å². The number of halogens is 1. The summed E-state index contributed by atoms with van der Waals surface area (Å²) in [6.45, 7) is 0.339. The first-order valence-electron chi connectivity index (χ1n) is 5.16. The second kappa shape index (κ2) is 3.87. The summed E-state index contributed by atoms with van der Waals surface area (Å²) in [6, 6.07) is 5.82. The smallest absolute Gasteiger partial charge is 0.134 e. The lowest BCUT2D eigenvalue weighted by Gasteiger charge is -1.97. The number of nitrogens with one attached hydrogen (secondary N) is 2. The number of nitrogens with zero attached hydrogens (tertiary/aromatic N) is 2. The van der Waals surface area contributed by atoms with Gasteiger partial charge >= 0.3 is 0 Å². The van der Waals surface area contributed by atoms with Gasteiger partial charge in [-0.1, -0.05) is 17.7 Å². The number of aromatic amines is 2. The molecule has 0 atom stereocenters. The first-order valence-corrected chi connectivity index (χ1v) is 5.53. The minimum Gasteiger partial charge on any atom is -0.345 e. The van der Waals surface area contributed by atoms with Crippen molar-refractivity contribution in [3.05, 3.63) is 35.5 Å². The standard InChI is InChI=1S/C11H10ClN5/c12-11-10(16-9(4-13)17-11)6-1-2-7-8(3-6)15-5-14-7/h1-3,5H,4,13H2,(H,14,15)(H,16,17). The topological polar surface area (TPSA) is 83.4 Å². The lowest BCUT2D eigenvalue weighted by Crippen LogP contribution is -1.97. The van der Waals surface area contributed by atoms with E-state index in [9.17, 15) is 0 Å². The number of rotatable bonds is 2. The molecule has 0 saturated carbocycles. The van der Waals surface area contributed by atoms with E-state index in [1.165, 1.54) is 0 Å². The van der Waals surface area contributed by atoms with E-state index in [2.05, 4.69) is 19.9 Å². The van der Waals surface area contributed by atoms with Crippen LogP contribution in [0, 0.1) is 0 Å². The van der Waals surface area contributed by atoms with E-state index in [0.717, 1.165) is 16.6 Å². The Kier molecular flexibility index (Phi) is 2.35. The van der Waals surface area contributed by atoms with E-state index in [-0.39, 0.29) is 0 Å². The van der Waals surface area contributed by atoms with Crippen LogP contribution >= 0.6 is 11.6 Å². The third-order valence-electron chi connectivity index (χ3n) is 2.60. The maximum absolute atomic E-state index is 6.08. The SMILES string of the molecule is NCc1nc(-c2ccc3nc[nH]c3c2)c(Cl)[nH]1. The zero-order valence-electron chi connectivity index (χ0n) is 8.87. The zero-order chi connectivity index (χ0) is 11.8. The summed E-state index contributed by atoms with van der Waals surface area (Å²) < 4.78 is 0. The van der Waals surface area contributed by atoms with Gasteiger partial charge in [0.1, 0.15) is 16.7 Å². The second-order valence-corrected chi connectivity index (χ2v) is 4.06. The summed E-state index contributed by atoms with van der Waals surface area (Å²) in [4.78, 5) is 14.5. The molecule has 0 fully saturated rings. The molecule has 6 heteroatoms. The van der Waals surface area contributed by atoms with E-state index < -0.39 is 0 Å². The number of hydrogen-bond donors (Lipinski definition) is 3. The molecule has 0 amide bonds. The summed E-state index contributed by atoms with van der Waals surface area (Å²) in [5.74, 6) is 0.676. The van der Waals surface area contributed by atoms with Crippen molar-refractivity contribution in [2.75, 3.05) is 0 Å². The Labute approximate surface area is 102 Å². The summed E-state index contributed by atoms with van der Waals surface area (Å²) in [5, 5.41) is 0.504. The van der Waals surface area contributed by atoms with Crippen molar-refractivity contribution in [2.45, 2.75) is 6.54 Å². The van der Waals surface area contributed by atoms with E-state index in [4.69, 9.17) is 17.3 Å². The molecule has 86 valence electrons. The van der Waals surface area contributed by atoms with Crippen LogP contribution in [0.4, 0.5) is 0 Å². The fourth-order valence-electron chi connectivity index (χ4n) is 1.77. The quantitative estimate of drug-likeness (QED) is 0.648. The van der Waals surface area contributed by atoms with Gasteiger partial charge in [0.2, 0.25) is 0 Å². The molecule has 2 heterocycles. The largest absolute Gasteiger partial charge is 0.345 e. The number of fused-ring (bicyclic) bond motifs is 1. The van der Waals surface area contributed by atoms with Crippen molar-refractivity contribution >= 4 is 22.6 Å². The molecule has 3 rings (SSSR count). The fraction of sp³-hybridized carbons (Fsp3) is 0.0909. The van der Waals surface area contributed by atoms with Crippen molar-refractivity contribution in [3.8, 4) is 11.3 Å². The average molecular weight is 248 g/mol. The molecule has 0 aliphatic rings. The fourth-order valence-corrected chi connectivity index (χ4v) is 2.03. The third-order valence-corrected chi connectivity index (χ3v) is 2.87. The highest BCUT2D eigenvalue weighted by atomic mass is 35.5. The van der Waals surface area contributed by atoms with Gasteiger partial charge in [0.15, 0.2) is 0 Å². The summed E-state index contributed by atoms with van der Waals surface area (Å²) in [7, 11) is 0. The van der Waals surface area contributed by atoms with Crippen molar-refractivity contribution in [2.24, 2.45) is 5.73 Å². The van der Waals surface area contributed by atoms with Gasteiger partial charge in [0.05, 0.1) is 23.9 Å². The molecule has 3 aromatic rings. The van der Waals surface area contributed by atoms with Gasteiger partial charge in [-0.15, -0.1) is 0 Å². The second-order valence-electron chi connectivity index (χ2n) is 3.68. The Morgan fingerprint density at radius 1 is 1.35 bits per heavy atom. The summed E-state index contributed by atoms with van der Waals surface area (Å²) >= 11 is 6.08. The van der Waals surface area contributed by atoms with Crippen molar-refractivity contribution in [1.82, 2.24) is 19.9 Å². The van der Waals surface area contributed by atoms with Crippen LogP contribution in [-0.2, 0) is 6.54 Å². The lowest BCUT2D eigenvalue weighted by atomic mass is 10.1. The Hall–Kier alpha value is -1.85. The van der Waals surface area contributed by atoms with Gasteiger partial charge in [-0.25, -0.2) is 9.97 Å². The van der Waals surface area contributed by atoms with Crippen LogP contribution < -0.4 is 5.73 Å². The minimum absolute atomic E-state index is 0.339. The molecule has 1 aromatic carbocycles. The van der Waals surface area contributed by atoms with Crippen molar-refractivity contribution in [1.29, 1.82) is 0 Å². The Bertz CT molecular complexity index is 669. The van der Waals surface area contributed by atoms with Gasteiger partial charge in [-0.05, 0) is 12.1 Å². The Morgan fingerprint density at radius 3 is 3.00 bits per heavy atom. The van der Waals surface area contributed by atoms with E-state index in [0.29, 0.717) is 23.2 Å². The van der Waals surface area contributed by atoms with Crippen molar-refractivity contribution < 1.29 is 0 Å². The number of benzene rings is 1. The molecule has 17 heavy (non-hydrogen) atoms. The monoisotopic (exact) mass is 247 g/mol. The van der Waals surface area contributed by atoms with Crippen LogP contribution in [-0.4, -0.2) is 19.9 Å². The average Bonchev–Trinajstić information content (AvgIpc) is 2.93. The number of H-pyrrole nitrogens is 2. The normalized spacial score (nSPS) is 11.2. The van der Waals surface area contributed by atoms with Gasteiger partial charge in [-0.3, -0.25) is 0 Å². The van der Waals surface area contributed by atoms with Crippen LogP contribution in [0.15, 0.2) is 24.5 Å². The van der Waals surface area contributed by atoms with Gasteiger partial charge in [-0.2, -0.15) is 0 Å². The van der Waals surface area contributed by atoms with Crippen molar-refractivity contribution in [3.63, 3.8) is 0 Å². The molecule has 0 saturated heterocycles. The lowest BCUT2D eigenvalue weighted by molar-refractivity contribution is 0.951. The highest BCUT2D eigenvalue weighted by molar-refractivity contribution is 6.32. The number of nitrogens with two attached hydrogens (primary N) is 1. The molecule has 0 spiro atoms.